The zero-order chi connectivity index (χ0) is 9.80. The van der Waals surface area contributed by atoms with Gasteiger partial charge < -0.3 is 9.52 Å². The molecule has 0 radical (unpaired) electrons. The summed E-state index contributed by atoms with van der Waals surface area (Å²) in [7, 11) is 0. The van der Waals surface area contributed by atoms with Gasteiger partial charge in [0.15, 0.2) is 12.0 Å². The lowest BCUT2D eigenvalue weighted by molar-refractivity contribution is 0.305. The van der Waals surface area contributed by atoms with Crippen molar-refractivity contribution in [1.82, 2.24) is 4.98 Å². The van der Waals surface area contributed by atoms with Crippen LogP contribution in [0.4, 0.5) is 0 Å². The van der Waals surface area contributed by atoms with E-state index in [0.717, 1.165) is 16.7 Å². The van der Waals surface area contributed by atoms with Crippen LogP contribution in [0.5, 0.6) is 0 Å². The summed E-state index contributed by atoms with van der Waals surface area (Å²) in [5.41, 5.74) is 2.46. The van der Waals surface area contributed by atoms with Crippen molar-refractivity contribution in [3.63, 3.8) is 0 Å². The molecular weight excluding hydrogens is 178 g/mol. The summed E-state index contributed by atoms with van der Waals surface area (Å²) < 4.78 is 5.10. The molecule has 1 aromatic carbocycles. The highest BCUT2D eigenvalue weighted by atomic mass is 16.3. The first-order valence-corrected chi connectivity index (χ1v) is 4.33. The molecule has 2 aromatic rings. The topological polar surface area (TPSA) is 46.3 Å². The van der Waals surface area contributed by atoms with Crippen molar-refractivity contribution >= 4 is 11.1 Å². The quantitative estimate of drug-likeness (QED) is 0.689. The van der Waals surface area contributed by atoms with Gasteiger partial charge in [0.25, 0.3) is 0 Å². The molecule has 0 bridgehead atoms. The minimum absolute atomic E-state index is 0.0964. The molecule has 0 unspecified atom stereocenters. The number of oxazole rings is 1. The van der Waals surface area contributed by atoms with Crippen LogP contribution in [0.25, 0.3) is 11.1 Å². The van der Waals surface area contributed by atoms with Gasteiger partial charge in [-0.05, 0) is 18.2 Å². The first-order chi connectivity index (χ1) is 6.90. The van der Waals surface area contributed by atoms with Crippen LogP contribution in [-0.2, 0) is 0 Å². The number of aliphatic hydroxyl groups is 1. The Morgan fingerprint density at radius 1 is 1.43 bits per heavy atom. The lowest BCUT2D eigenvalue weighted by atomic mass is 10.2. The van der Waals surface area contributed by atoms with E-state index in [1.807, 2.05) is 18.2 Å². The Hall–Kier alpha value is -1.79. The Morgan fingerprint density at radius 2 is 2.36 bits per heavy atom. The lowest BCUT2D eigenvalue weighted by Gasteiger charge is -1.88. The Bertz CT molecular complexity index is 490. The standard InChI is InChI=1S/C11H9NO2/c13-6-2-1-3-9-4-5-11-10(7-9)12-8-14-11/h4-5,7-8,13H,2,6H2. The fraction of sp³-hybridized carbons (Fsp3) is 0.182. The number of hydrogen-bond donors (Lipinski definition) is 1. The molecule has 3 heteroatoms. The minimum atomic E-state index is 0.0964. The van der Waals surface area contributed by atoms with E-state index >= 15 is 0 Å². The van der Waals surface area contributed by atoms with Gasteiger partial charge in [0.05, 0.1) is 6.61 Å². The molecule has 0 fully saturated rings. The summed E-state index contributed by atoms with van der Waals surface area (Å²) in [5, 5.41) is 8.55. The number of aromatic nitrogens is 1. The molecule has 0 aliphatic rings. The molecule has 70 valence electrons. The van der Waals surface area contributed by atoms with Gasteiger partial charge in [0.1, 0.15) is 5.52 Å². The normalized spacial score (nSPS) is 9.79. The third kappa shape index (κ3) is 1.76. The van der Waals surface area contributed by atoms with Crippen LogP contribution in [-0.4, -0.2) is 16.7 Å². The van der Waals surface area contributed by atoms with E-state index in [1.165, 1.54) is 6.39 Å². The monoisotopic (exact) mass is 187 g/mol. The van der Waals surface area contributed by atoms with Crippen molar-refractivity contribution in [2.24, 2.45) is 0 Å². The molecule has 14 heavy (non-hydrogen) atoms. The molecule has 1 N–H and O–H groups in total. The van der Waals surface area contributed by atoms with E-state index in [0.29, 0.717) is 6.42 Å². The van der Waals surface area contributed by atoms with Crippen LogP contribution in [0.2, 0.25) is 0 Å². The summed E-state index contributed by atoms with van der Waals surface area (Å²) in [4.78, 5) is 4.02. The predicted molar refractivity (Wildman–Crippen MR) is 52.6 cm³/mol. The molecule has 0 aliphatic heterocycles. The lowest BCUT2D eigenvalue weighted by Crippen LogP contribution is -1.78. The van der Waals surface area contributed by atoms with E-state index in [2.05, 4.69) is 16.8 Å². The molecule has 0 aliphatic carbocycles. The summed E-state index contributed by atoms with van der Waals surface area (Å²) >= 11 is 0. The van der Waals surface area contributed by atoms with Crippen molar-refractivity contribution in [3.8, 4) is 11.8 Å². The van der Waals surface area contributed by atoms with Crippen molar-refractivity contribution in [2.75, 3.05) is 6.61 Å². The van der Waals surface area contributed by atoms with Crippen molar-refractivity contribution in [1.29, 1.82) is 0 Å². The molecule has 3 nitrogen and oxygen atoms in total. The average molecular weight is 187 g/mol. The van der Waals surface area contributed by atoms with Crippen LogP contribution in [0, 0.1) is 11.8 Å². The maximum atomic E-state index is 8.55. The van der Waals surface area contributed by atoms with Crippen LogP contribution < -0.4 is 0 Å². The molecule has 1 heterocycles. The van der Waals surface area contributed by atoms with Crippen molar-refractivity contribution in [3.05, 3.63) is 30.2 Å². The number of nitrogens with zero attached hydrogens (tertiary/aromatic N) is 1. The first kappa shape index (κ1) is 8.79. The highest BCUT2D eigenvalue weighted by Gasteiger charge is 1.97. The maximum absolute atomic E-state index is 8.55. The number of aliphatic hydroxyl groups excluding tert-OH is 1. The van der Waals surface area contributed by atoms with Crippen LogP contribution in [0.1, 0.15) is 12.0 Å². The van der Waals surface area contributed by atoms with Gasteiger partial charge in [-0.2, -0.15) is 0 Å². The van der Waals surface area contributed by atoms with Gasteiger partial charge in [-0.25, -0.2) is 4.98 Å². The number of hydrogen-bond acceptors (Lipinski definition) is 3. The summed E-state index contributed by atoms with van der Waals surface area (Å²) in [6, 6.07) is 5.58. The summed E-state index contributed by atoms with van der Waals surface area (Å²) in [5.74, 6) is 5.79. The number of fused-ring (bicyclic) bond motifs is 1. The average Bonchev–Trinajstić information content (AvgIpc) is 2.65. The van der Waals surface area contributed by atoms with E-state index in [4.69, 9.17) is 9.52 Å². The van der Waals surface area contributed by atoms with Crippen LogP contribution >= 0.6 is 0 Å². The highest BCUT2D eigenvalue weighted by Crippen LogP contribution is 2.13. The number of rotatable bonds is 1. The Balaban J connectivity index is 2.31. The maximum Gasteiger partial charge on any atom is 0.181 e. The minimum Gasteiger partial charge on any atom is -0.443 e. The fourth-order valence-electron chi connectivity index (χ4n) is 1.16. The first-order valence-electron chi connectivity index (χ1n) is 4.33. The van der Waals surface area contributed by atoms with Gasteiger partial charge in [-0.15, -0.1) is 0 Å². The zero-order valence-electron chi connectivity index (χ0n) is 7.53. The molecule has 0 saturated heterocycles. The van der Waals surface area contributed by atoms with E-state index < -0.39 is 0 Å². The Labute approximate surface area is 81.4 Å². The number of benzene rings is 1. The van der Waals surface area contributed by atoms with Gasteiger partial charge in [-0.1, -0.05) is 11.8 Å². The van der Waals surface area contributed by atoms with Crippen LogP contribution in [0.15, 0.2) is 29.0 Å². The third-order valence-electron chi connectivity index (χ3n) is 1.80. The molecule has 0 amide bonds. The van der Waals surface area contributed by atoms with Crippen molar-refractivity contribution in [2.45, 2.75) is 6.42 Å². The van der Waals surface area contributed by atoms with Gasteiger partial charge >= 0.3 is 0 Å². The van der Waals surface area contributed by atoms with E-state index in [-0.39, 0.29) is 6.61 Å². The van der Waals surface area contributed by atoms with Crippen molar-refractivity contribution < 1.29 is 9.52 Å². The summed E-state index contributed by atoms with van der Waals surface area (Å²) in [6.07, 6.45) is 1.91. The summed E-state index contributed by atoms with van der Waals surface area (Å²) in [6.45, 7) is 0.0964. The molecule has 1 aromatic heterocycles. The molecular formula is C11H9NO2. The molecule has 0 saturated carbocycles. The fourth-order valence-corrected chi connectivity index (χ4v) is 1.16. The molecule has 2 rings (SSSR count). The SMILES string of the molecule is OCCC#Cc1ccc2ocnc2c1. The Morgan fingerprint density at radius 3 is 3.21 bits per heavy atom. The second kappa shape index (κ2) is 3.95. The smallest absolute Gasteiger partial charge is 0.181 e. The molecule has 0 atom stereocenters. The molecule has 0 spiro atoms. The second-order valence-electron chi connectivity index (χ2n) is 2.81. The largest absolute Gasteiger partial charge is 0.443 e. The van der Waals surface area contributed by atoms with Crippen LogP contribution in [0.3, 0.4) is 0 Å². The van der Waals surface area contributed by atoms with E-state index in [9.17, 15) is 0 Å². The van der Waals surface area contributed by atoms with Gasteiger partial charge in [0.2, 0.25) is 0 Å². The van der Waals surface area contributed by atoms with Gasteiger partial charge in [0, 0.05) is 12.0 Å². The highest BCUT2D eigenvalue weighted by molar-refractivity contribution is 5.73. The third-order valence-corrected chi connectivity index (χ3v) is 1.80. The zero-order valence-corrected chi connectivity index (χ0v) is 7.53. The van der Waals surface area contributed by atoms with Gasteiger partial charge in [-0.3, -0.25) is 0 Å². The predicted octanol–water partition coefficient (Wildman–Crippen LogP) is 1.56. The second-order valence-corrected chi connectivity index (χ2v) is 2.81. The Kier molecular flexibility index (Phi) is 2.48. The van der Waals surface area contributed by atoms with E-state index in [1.54, 1.807) is 0 Å².